The maximum absolute atomic E-state index is 13.1. The van der Waals surface area contributed by atoms with Crippen molar-refractivity contribution < 1.29 is 33.0 Å². The highest BCUT2D eigenvalue weighted by Gasteiger charge is 2.62. The molecule has 2 fully saturated rings. The minimum atomic E-state index is -0.593. The van der Waals surface area contributed by atoms with Crippen molar-refractivity contribution in [3.63, 3.8) is 0 Å². The molecule has 0 spiro atoms. The average molecular weight is 499 g/mol. The van der Waals surface area contributed by atoms with E-state index in [1.807, 2.05) is 13.8 Å². The van der Waals surface area contributed by atoms with E-state index in [4.69, 9.17) is 23.4 Å². The number of fused-ring (bicyclic) bond motifs is 2. The first kappa shape index (κ1) is 25.8. The highest BCUT2D eigenvalue weighted by molar-refractivity contribution is 5.88. The third-order valence-corrected chi connectivity index (χ3v) is 8.32. The predicted molar refractivity (Wildman–Crippen MR) is 134 cm³/mol. The summed E-state index contributed by atoms with van der Waals surface area (Å²) in [5.41, 5.74) is -0.434. The highest BCUT2D eigenvalue weighted by Crippen LogP contribution is 2.60. The number of esters is 1. The van der Waals surface area contributed by atoms with E-state index in [0.29, 0.717) is 16.9 Å². The molecule has 0 bridgehead atoms. The van der Waals surface area contributed by atoms with Crippen molar-refractivity contribution >= 4 is 22.7 Å². The number of carbonyl (C=O) groups is 2. The first-order chi connectivity index (χ1) is 16.9. The van der Waals surface area contributed by atoms with Crippen LogP contribution in [0, 0.1) is 22.7 Å². The SMILES string of the molecule is C=C1CCC2C(C)(C)C(=O)CC(OC(C)=O)C2(C)C1COc1c(OC)cc2ccc(=O)oc2c1OC. The molecule has 4 rings (SSSR count). The van der Waals surface area contributed by atoms with Crippen LogP contribution in [0.2, 0.25) is 0 Å². The summed E-state index contributed by atoms with van der Waals surface area (Å²) in [5.74, 6) is 0.393. The van der Waals surface area contributed by atoms with Gasteiger partial charge in [-0.2, -0.15) is 0 Å². The van der Waals surface area contributed by atoms with Crippen molar-refractivity contribution in [2.45, 2.75) is 53.1 Å². The van der Waals surface area contributed by atoms with Gasteiger partial charge in [-0.1, -0.05) is 32.9 Å². The van der Waals surface area contributed by atoms with Crippen molar-refractivity contribution in [2.24, 2.45) is 22.7 Å². The van der Waals surface area contributed by atoms with E-state index >= 15 is 0 Å². The van der Waals surface area contributed by atoms with Crippen molar-refractivity contribution in [3.05, 3.63) is 40.8 Å². The summed E-state index contributed by atoms with van der Waals surface area (Å²) >= 11 is 0. The zero-order valence-electron chi connectivity index (χ0n) is 21.8. The number of ether oxygens (including phenoxy) is 4. The summed E-state index contributed by atoms with van der Waals surface area (Å²) in [7, 11) is 2.99. The monoisotopic (exact) mass is 498 g/mol. The van der Waals surface area contributed by atoms with Gasteiger partial charge in [-0.15, -0.1) is 0 Å². The number of hydrogen-bond acceptors (Lipinski definition) is 8. The number of carbonyl (C=O) groups excluding carboxylic acids is 2. The maximum Gasteiger partial charge on any atom is 0.336 e. The Bertz CT molecular complexity index is 1270. The lowest BCUT2D eigenvalue weighted by Crippen LogP contribution is -2.61. The lowest BCUT2D eigenvalue weighted by atomic mass is 9.46. The van der Waals surface area contributed by atoms with E-state index in [0.717, 1.165) is 18.4 Å². The van der Waals surface area contributed by atoms with Crippen LogP contribution in [0.25, 0.3) is 11.0 Å². The van der Waals surface area contributed by atoms with Crippen LogP contribution in [0.1, 0.15) is 47.0 Å². The topological polar surface area (TPSA) is 101 Å². The molecular weight excluding hydrogens is 464 g/mol. The molecule has 4 unspecified atom stereocenters. The molecule has 2 saturated carbocycles. The molecule has 36 heavy (non-hydrogen) atoms. The molecule has 1 heterocycles. The van der Waals surface area contributed by atoms with E-state index < -0.39 is 28.5 Å². The van der Waals surface area contributed by atoms with Gasteiger partial charge in [-0.3, -0.25) is 9.59 Å². The molecule has 2 aliphatic rings. The molecule has 8 heteroatoms. The number of rotatable bonds is 6. The fraction of sp³-hybridized carbons (Fsp3) is 0.536. The molecule has 194 valence electrons. The van der Waals surface area contributed by atoms with Crippen LogP contribution in [0.4, 0.5) is 0 Å². The van der Waals surface area contributed by atoms with Gasteiger partial charge in [0.05, 0.1) is 20.8 Å². The smallest absolute Gasteiger partial charge is 0.336 e. The molecule has 0 aliphatic heterocycles. The Hall–Kier alpha value is -3.29. The molecule has 2 aromatic rings. The van der Waals surface area contributed by atoms with Gasteiger partial charge in [0.25, 0.3) is 0 Å². The Kier molecular flexibility index (Phi) is 6.66. The fourth-order valence-electron chi connectivity index (χ4n) is 6.38. The third-order valence-electron chi connectivity index (χ3n) is 8.32. The van der Waals surface area contributed by atoms with Crippen LogP contribution >= 0.6 is 0 Å². The molecule has 0 saturated heterocycles. The number of Topliss-reactive ketones (excluding diaryl/α,β-unsaturated/α-hetero) is 1. The first-order valence-electron chi connectivity index (χ1n) is 12.1. The van der Waals surface area contributed by atoms with E-state index in [9.17, 15) is 14.4 Å². The van der Waals surface area contributed by atoms with E-state index in [-0.39, 0.29) is 42.0 Å². The van der Waals surface area contributed by atoms with E-state index in [1.165, 1.54) is 27.2 Å². The Morgan fingerprint density at radius 2 is 1.86 bits per heavy atom. The van der Waals surface area contributed by atoms with Crippen molar-refractivity contribution in [1.29, 1.82) is 0 Å². The van der Waals surface area contributed by atoms with Crippen LogP contribution in [-0.4, -0.2) is 38.7 Å². The Labute approximate surface area is 210 Å². The van der Waals surface area contributed by atoms with Gasteiger partial charge in [0.1, 0.15) is 11.9 Å². The van der Waals surface area contributed by atoms with Gasteiger partial charge in [-0.05, 0) is 30.9 Å². The molecule has 1 aromatic heterocycles. The standard InChI is InChI=1S/C28H34O8/c1-15-8-10-20-27(3,4)21(30)13-22(35-16(2)29)28(20,5)18(15)14-34-25-19(32-6)12-17-9-11-23(31)36-24(17)26(25)33-7/h9,11-12,18,20,22H,1,8,10,13-14H2,2-7H3. The van der Waals surface area contributed by atoms with Crippen LogP contribution < -0.4 is 19.8 Å². The number of ketones is 1. The summed E-state index contributed by atoms with van der Waals surface area (Å²) in [6.45, 7) is 11.9. The van der Waals surface area contributed by atoms with Gasteiger partial charge in [-0.25, -0.2) is 4.79 Å². The van der Waals surface area contributed by atoms with Crippen LogP contribution in [0.15, 0.2) is 39.6 Å². The maximum atomic E-state index is 13.1. The lowest BCUT2D eigenvalue weighted by Gasteiger charge is -2.59. The van der Waals surface area contributed by atoms with Crippen LogP contribution in [0.5, 0.6) is 17.2 Å². The molecule has 8 nitrogen and oxygen atoms in total. The summed E-state index contributed by atoms with van der Waals surface area (Å²) in [6.07, 6.45) is 1.07. The summed E-state index contributed by atoms with van der Waals surface area (Å²) in [4.78, 5) is 37.0. The van der Waals surface area contributed by atoms with Gasteiger partial charge in [0.2, 0.25) is 11.5 Å². The molecule has 4 atom stereocenters. The molecular formula is C28H34O8. The van der Waals surface area contributed by atoms with Crippen molar-refractivity contribution in [2.75, 3.05) is 20.8 Å². The second-order valence-corrected chi connectivity index (χ2v) is 10.5. The highest BCUT2D eigenvalue weighted by atomic mass is 16.5. The van der Waals surface area contributed by atoms with Gasteiger partial charge in [0, 0.05) is 41.5 Å². The van der Waals surface area contributed by atoms with E-state index in [1.54, 1.807) is 12.1 Å². The summed E-state index contributed by atoms with van der Waals surface area (Å²) < 4.78 is 28.7. The minimum Gasteiger partial charge on any atom is -0.493 e. The fourth-order valence-corrected chi connectivity index (χ4v) is 6.38. The summed E-state index contributed by atoms with van der Waals surface area (Å²) in [6, 6.07) is 4.69. The molecule has 2 aliphatic carbocycles. The Morgan fingerprint density at radius 3 is 2.50 bits per heavy atom. The van der Waals surface area contributed by atoms with Crippen LogP contribution in [0.3, 0.4) is 0 Å². The second-order valence-electron chi connectivity index (χ2n) is 10.5. The van der Waals surface area contributed by atoms with Crippen molar-refractivity contribution in [1.82, 2.24) is 0 Å². The molecule has 1 aromatic carbocycles. The quantitative estimate of drug-likeness (QED) is 0.321. The zero-order chi connectivity index (χ0) is 26.4. The Balaban J connectivity index is 1.77. The molecule has 0 N–H and O–H groups in total. The van der Waals surface area contributed by atoms with E-state index in [2.05, 4.69) is 13.5 Å². The summed E-state index contributed by atoms with van der Waals surface area (Å²) in [5, 5.41) is 0.632. The zero-order valence-corrected chi connectivity index (χ0v) is 21.8. The number of methoxy groups -OCH3 is 2. The normalized spacial score (nSPS) is 27.3. The first-order valence-corrected chi connectivity index (χ1v) is 12.1. The minimum absolute atomic E-state index is 0.0342. The van der Waals surface area contributed by atoms with Gasteiger partial charge < -0.3 is 23.4 Å². The number of benzene rings is 1. The predicted octanol–water partition coefficient (Wildman–Crippen LogP) is 4.71. The largest absolute Gasteiger partial charge is 0.493 e. The van der Waals surface area contributed by atoms with Crippen molar-refractivity contribution in [3.8, 4) is 17.2 Å². The second kappa shape index (κ2) is 9.30. The molecule has 0 amide bonds. The molecule has 0 radical (unpaired) electrons. The van der Waals surface area contributed by atoms with Gasteiger partial charge >= 0.3 is 11.6 Å². The average Bonchev–Trinajstić information content (AvgIpc) is 2.81. The lowest BCUT2D eigenvalue weighted by molar-refractivity contribution is -0.186. The Morgan fingerprint density at radius 1 is 1.14 bits per heavy atom. The number of hydrogen-bond donors (Lipinski definition) is 0. The van der Waals surface area contributed by atoms with Gasteiger partial charge in [0.15, 0.2) is 11.3 Å². The van der Waals surface area contributed by atoms with Crippen LogP contribution in [-0.2, 0) is 14.3 Å². The third kappa shape index (κ3) is 4.06.